The van der Waals surface area contributed by atoms with Crippen LogP contribution >= 0.6 is 0 Å². The van der Waals surface area contributed by atoms with Crippen LogP contribution in [0.3, 0.4) is 0 Å². The monoisotopic (exact) mass is 460 g/mol. The number of carbonyl (C=O) groups excluding carboxylic acids is 1. The van der Waals surface area contributed by atoms with Crippen molar-refractivity contribution < 1.29 is 23.1 Å². The lowest BCUT2D eigenvalue weighted by Gasteiger charge is -2.38. The molecule has 0 saturated carbocycles. The van der Waals surface area contributed by atoms with E-state index in [1.54, 1.807) is 30.3 Å². The van der Waals surface area contributed by atoms with Crippen molar-refractivity contribution in [1.29, 1.82) is 0 Å². The summed E-state index contributed by atoms with van der Waals surface area (Å²) in [6.07, 6.45) is 2.79. The first-order valence-corrected chi connectivity index (χ1v) is 12.6. The number of hydrazine groups is 1. The molecule has 0 bridgehead atoms. The van der Waals surface area contributed by atoms with Crippen LogP contribution in [0.15, 0.2) is 60.7 Å². The van der Waals surface area contributed by atoms with Crippen molar-refractivity contribution in [3.8, 4) is 0 Å². The molecule has 7 nitrogen and oxygen atoms in total. The quantitative estimate of drug-likeness (QED) is 0.481. The summed E-state index contributed by atoms with van der Waals surface area (Å²) in [5.41, 5.74) is 1.28. The van der Waals surface area contributed by atoms with E-state index in [2.05, 4.69) is 0 Å². The maximum Gasteiger partial charge on any atom is 0.328 e. The Bertz CT molecular complexity index is 978. The summed E-state index contributed by atoms with van der Waals surface area (Å²) in [6.45, 7) is 3.91. The number of hydrogen-bond acceptors (Lipinski definition) is 4. The zero-order chi connectivity index (χ0) is 23.7. The van der Waals surface area contributed by atoms with Crippen molar-refractivity contribution in [1.82, 2.24) is 5.01 Å². The molecule has 0 aromatic heterocycles. The normalized spacial score (nSPS) is 12.4. The highest BCUT2D eigenvalue weighted by molar-refractivity contribution is 7.92. The fourth-order valence-electron chi connectivity index (χ4n) is 3.45. The number of nitrogens with zero attached hydrogens (tertiary/aromatic N) is 2. The van der Waals surface area contributed by atoms with Gasteiger partial charge in [0, 0.05) is 6.42 Å². The van der Waals surface area contributed by atoms with E-state index in [9.17, 15) is 23.1 Å². The standard InChI is InChI=1S/C24H32N2O5S/c1-19(2)17-18-23(27)25(26(32(3,30)31)21-14-8-5-9-15-21)22(24(28)29)16-10-13-20-11-6-4-7-12-20/h4-9,11-12,14-15,19,22H,10,13,16-18H2,1-3H3,(H,28,29)/t22-/m1/s1. The second kappa shape index (κ2) is 11.7. The van der Waals surface area contributed by atoms with E-state index in [0.717, 1.165) is 21.2 Å². The fraction of sp³-hybridized carbons (Fsp3) is 0.417. The molecule has 0 spiro atoms. The molecule has 174 valence electrons. The lowest BCUT2D eigenvalue weighted by molar-refractivity contribution is -0.150. The van der Waals surface area contributed by atoms with E-state index in [1.807, 2.05) is 44.2 Å². The summed E-state index contributed by atoms with van der Waals surface area (Å²) < 4.78 is 26.4. The van der Waals surface area contributed by atoms with Gasteiger partial charge in [-0.05, 0) is 49.3 Å². The van der Waals surface area contributed by atoms with Gasteiger partial charge < -0.3 is 5.11 Å². The van der Waals surface area contributed by atoms with Crippen LogP contribution in [0.5, 0.6) is 0 Å². The van der Waals surface area contributed by atoms with E-state index in [-0.39, 0.29) is 24.4 Å². The number of carboxylic acid groups (broad SMARTS) is 1. The van der Waals surface area contributed by atoms with Gasteiger partial charge >= 0.3 is 5.97 Å². The Labute approximate surface area is 190 Å². The van der Waals surface area contributed by atoms with E-state index < -0.39 is 27.9 Å². The molecule has 0 unspecified atom stereocenters. The van der Waals surface area contributed by atoms with E-state index in [4.69, 9.17) is 0 Å². The number of aryl methyl sites for hydroxylation is 1. The molecule has 0 radical (unpaired) electrons. The number of rotatable bonds is 12. The molecule has 0 aliphatic heterocycles. The maximum atomic E-state index is 13.2. The van der Waals surface area contributed by atoms with Crippen molar-refractivity contribution in [3.05, 3.63) is 66.2 Å². The Morgan fingerprint density at radius 3 is 2.00 bits per heavy atom. The summed E-state index contributed by atoms with van der Waals surface area (Å²) in [7, 11) is -3.98. The van der Waals surface area contributed by atoms with Gasteiger partial charge in [0.2, 0.25) is 15.9 Å². The molecule has 1 N–H and O–H groups in total. The summed E-state index contributed by atoms with van der Waals surface area (Å²) in [5, 5.41) is 10.9. The van der Waals surface area contributed by atoms with Gasteiger partial charge in [-0.3, -0.25) is 4.79 Å². The molecule has 0 fully saturated rings. The zero-order valence-electron chi connectivity index (χ0n) is 18.8. The number of amides is 1. The number of hydrogen-bond donors (Lipinski definition) is 1. The minimum absolute atomic E-state index is 0.0545. The highest BCUT2D eigenvalue weighted by Crippen LogP contribution is 2.25. The smallest absolute Gasteiger partial charge is 0.328 e. The number of aliphatic carboxylic acids is 1. The van der Waals surface area contributed by atoms with E-state index in [1.165, 1.54) is 0 Å². The zero-order valence-corrected chi connectivity index (χ0v) is 19.7. The van der Waals surface area contributed by atoms with Crippen molar-refractivity contribution in [2.75, 3.05) is 10.7 Å². The third-order valence-corrected chi connectivity index (χ3v) is 6.06. The van der Waals surface area contributed by atoms with Gasteiger partial charge in [0.25, 0.3) is 0 Å². The summed E-state index contributed by atoms with van der Waals surface area (Å²) in [6, 6.07) is 16.4. The second-order valence-electron chi connectivity index (χ2n) is 8.24. The Kier molecular flexibility index (Phi) is 9.26. The molecule has 1 amide bonds. The Balaban J connectivity index is 2.41. The molecule has 2 aromatic rings. The molecule has 2 rings (SSSR count). The third kappa shape index (κ3) is 7.37. The predicted octanol–water partition coefficient (Wildman–Crippen LogP) is 4.11. The lowest BCUT2D eigenvalue weighted by atomic mass is 10.0. The topological polar surface area (TPSA) is 95.0 Å². The van der Waals surface area contributed by atoms with Crippen LogP contribution in [0, 0.1) is 5.92 Å². The highest BCUT2D eigenvalue weighted by Gasteiger charge is 2.38. The first-order chi connectivity index (χ1) is 15.1. The van der Waals surface area contributed by atoms with Gasteiger partial charge in [-0.15, -0.1) is 0 Å². The molecule has 0 saturated heterocycles. The minimum Gasteiger partial charge on any atom is -0.480 e. The van der Waals surface area contributed by atoms with Crippen LogP contribution in [-0.2, 0) is 26.0 Å². The van der Waals surface area contributed by atoms with Crippen molar-refractivity contribution >= 4 is 27.6 Å². The van der Waals surface area contributed by atoms with E-state index in [0.29, 0.717) is 19.3 Å². The third-order valence-electron chi connectivity index (χ3n) is 5.04. The Morgan fingerprint density at radius 2 is 1.50 bits per heavy atom. The molecule has 32 heavy (non-hydrogen) atoms. The van der Waals surface area contributed by atoms with Crippen LogP contribution in [0.4, 0.5) is 5.69 Å². The molecule has 8 heteroatoms. The summed E-state index contributed by atoms with van der Waals surface area (Å²) in [4.78, 5) is 25.5. The molecular formula is C24H32N2O5S. The van der Waals surface area contributed by atoms with Crippen LogP contribution in [0.1, 0.15) is 45.1 Å². The number of para-hydroxylation sites is 1. The van der Waals surface area contributed by atoms with Crippen molar-refractivity contribution in [3.63, 3.8) is 0 Å². The lowest BCUT2D eigenvalue weighted by Crippen LogP contribution is -2.57. The number of benzene rings is 2. The second-order valence-corrected chi connectivity index (χ2v) is 10.1. The summed E-state index contributed by atoms with van der Waals surface area (Å²) >= 11 is 0. The average molecular weight is 461 g/mol. The number of anilines is 1. The SMILES string of the molecule is CC(C)CCC(=O)N([C@H](CCCc1ccccc1)C(=O)O)N(c1ccccc1)S(C)(=O)=O. The predicted molar refractivity (Wildman–Crippen MR) is 125 cm³/mol. The van der Waals surface area contributed by atoms with Gasteiger partial charge in [0.15, 0.2) is 6.04 Å². The Morgan fingerprint density at radius 1 is 0.938 bits per heavy atom. The van der Waals surface area contributed by atoms with Crippen molar-refractivity contribution in [2.45, 2.75) is 52.0 Å². The van der Waals surface area contributed by atoms with E-state index >= 15 is 0 Å². The number of carboxylic acids is 1. The van der Waals surface area contributed by atoms with Crippen LogP contribution in [0.25, 0.3) is 0 Å². The highest BCUT2D eigenvalue weighted by atomic mass is 32.2. The summed E-state index contributed by atoms with van der Waals surface area (Å²) in [5.74, 6) is -1.55. The molecule has 1 atom stereocenters. The molecule has 0 heterocycles. The van der Waals surface area contributed by atoms with Crippen LogP contribution < -0.4 is 4.41 Å². The maximum absolute atomic E-state index is 13.2. The van der Waals surface area contributed by atoms with Gasteiger partial charge in [0.1, 0.15) is 0 Å². The number of sulfonamides is 1. The minimum atomic E-state index is -3.98. The van der Waals surface area contributed by atoms with Gasteiger partial charge in [-0.2, -0.15) is 4.41 Å². The Hall–Kier alpha value is -2.87. The van der Waals surface area contributed by atoms with Crippen molar-refractivity contribution in [2.24, 2.45) is 5.92 Å². The molecular weight excluding hydrogens is 428 g/mol. The average Bonchev–Trinajstić information content (AvgIpc) is 2.74. The van der Waals surface area contributed by atoms with Crippen LogP contribution in [-0.4, -0.2) is 42.7 Å². The first-order valence-electron chi connectivity index (χ1n) is 10.7. The van der Waals surface area contributed by atoms with Gasteiger partial charge in [-0.25, -0.2) is 18.2 Å². The molecule has 0 aliphatic carbocycles. The number of carbonyl (C=O) groups is 2. The fourth-order valence-corrected chi connectivity index (χ4v) is 4.48. The van der Waals surface area contributed by atoms with Crippen LogP contribution in [0.2, 0.25) is 0 Å². The van der Waals surface area contributed by atoms with Gasteiger partial charge in [0.05, 0.1) is 11.9 Å². The van der Waals surface area contributed by atoms with Gasteiger partial charge in [-0.1, -0.05) is 62.4 Å². The largest absolute Gasteiger partial charge is 0.480 e. The molecule has 0 aliphatic rings. The molecule has 2 aromatic carbocycles. The first kappa shape index (κ1) is 25.4.